The molecule has 1 aromatic rings. The van der Waals surface area contributed by atoms with Gasteiger partial charge in [-0.3, -0.25) is 0 Å². The zero-order valence-corrected chi connectivity index (χ0v) is 13.3. The van der Waals surface area contributed by atoms with Crippen LogP contribution in [0.25, 0.3) is 6.08 Å². The summed E-state index contributed by atoms with van der Waals surface area (Å²) in [4.78, 5) is 12.3. The van der Waals surface area contributed by atoms with E-state index in [1.54, 1.807) is 31.2 Å². The maximum Gasteiger partial charge on any atom is 0.336 e. The van der Waals surface area contributed by atoms with Crippen molar-refractivity contribution in [1.29, 1.82) is 0 Å². The molecule has 7 heteroatoms. The number of rotatable bonds is 5. The molecule has 0 radical (unpaired) electrons. The van der Waals surface area contributed by atoms with Crippen molar-refractivity contribution in [2.75, 3.05) is 13.2 Å². The highest BCUT2D eigenvalue weighted by atomic mass is 16.6. The van der Waals surface area contributed by atoms with E-state index in [0.717, 1.165) is 0 Å². The summed E-state index contributed by atoms with van der Waals surface area (Å²) < 4.78 is 10.5. The normalized spacial score (nSPS) is 30.9. The molecule has 0 aliphatic carbocycles. The second kappa shape index (κ2) is 8.36. The maximum absolute atomic E-state index is 12.3. The fourth-order valence-corrected chi connectivity index (χ4v) is 2.56. The first-order valence-corrected chi connectivity index (χ1v) is 7.73. The van der Waals surface area contributed by atoms with Gasteiger partial charge < -0.3 is 29.9 Å². The van der Waals surface area contributed by atoms with Crippen molar-refractivity contribution in [3.63, 3.8) is 0 Å². The Balaban J connectivity index is 2.38. The van der Waals surface area contributed by atoms with Gasteiger partial charge in [0.15, 0.2) is 0 Å². The molecule has 0 aromatic heterocycles. The summed E-state index contributed by atoms with van der Waals surface area (Å²) >= 11 is 0. The van der Waals surface area contributed by atoms with Gasteiger partial charge in [0, 0.05) is 0 Å². The molecule has 1 aliphatic rings. The molecule has 7 nitrogen and oxygen atoms in total. The minimum atomic E-state index is -1.56. The largest absolute Gasteiger partial charge is 0.463 e. The van der Waals surface area contributed by atoms with E-state index in [0.29, 0.717) is 5.56 Å². The Morgan fingerprint density at radius 3 is 2.42 bits per heavy atom. The van der Waals surface area contributed by atoms with E-state index < -0.39 is 43.1 Å². The number of hydrogen-bond donors (Lipinski definition) is 4. The molecule has 0 saturated carbocycles. The minimum absolute atomic E-state index is 0.0000463. The van der Waals surface area contributed by atoms with Crippen LogP contribution in [0.5, 0.6) is 0 Å². The van der Waals surface area contributed by atoms with Crippen LogP contribution in [0.3, 0.4) is 0 Å². The van der Waals surface area contributed by atoms with Crippen LogP contribution < -0.4 is 0 Å². The van der Waals surface area contributed by atoms with Crippen LogP contribution in [-0.4, -0.2) is 70.1 Å². The fourth-order valence-electron chi connectivity index (χ4n) is 2.56. The number of aliphatic hydroxyl groups excluding tert-OH is 4. The molecule has 5 atom stereocenters. The molecular formula is C17H22O7. The number of ether oxygens (including phenoxy) is 2. The van der Waals surface area contributed by atoms with Crippen molar-refractivity contribution in [2.24, 2.45) is 0 Å². The van der Waals surface area contributed by atoms with Crippen molar-refractivity contribution in [3.8, 4) is 0 Å². The molecule has 0 spiro atoms. The molecule has 0 amide bonds. The molecule has 132 valence electrons. The Labute approximate surface area is 139 Å². The number of aliphatic hydroxyl groups is 4. The topological polar surface area (TPSA) is 116 Å². The van der Waals surface area contributed by atoms with E-state index in [1.165, 1.54) is 6.08 Å². The molecule has 1 aromatic carbocycles. The van der Waals surface area contributed by atoms with Crippen LogP contribution >= 0.6 is 0 Å². The number of carbonyl (C=O) groups is 1. The summed E-state index contributed by atoms with van der Waals surface area (Å²) in [6.07, 6.45) is -5.43. The molecule has 24 heavy (non-hydrogen) atoms. The van der Waals surface area contributed by atoms with Gasteiger partial charge in [-0.15, -0.1) is 0 Å². The van der Waals surface area contributed by atoms with Crippen molar-refractivity contribution >= 4 is 12.0 Å². The predicted molar refractivity (Wildman–Crippen MR) is 84.8 cm³/mol. The molecule has 2 rings (SSSR count). The number of hydrogen-bond acceptors (Lipinski definition) is 7. The van der Waals surface area contributed by atoms with Crippen molar-refractivity contribution in [2.45, 2.75) is 37.4 Å². The molecular weight excluding hydrogens is 316 g/mol. The van der Waals surface area contributed by atoms with Gasteiger partial charge in [-0.25, -0.2) is 4.79 Å². The maximum atomic E-state index is 12.3. The highest BCUT2D eigenvalue weighted by Gasteiger charge is 2.46. The Morgan fingerprint density at radius 1 is 1.17 bits per heavy atom. The van der Waals surface area contributed by atoms with Gasteiger partial charge in [0.2, 0.25) is 0 Å². The third kappa shape index (κ3) is 4.00. The smallest absolute Gasteiger partial charge is 0.336 e. The lowest BCUT2D eigenvalue weighted by molar-refractivity contribution is -0.220. The predicted octanol–water partition coefficient (Wildman–Crippen LogP) is -0.524. The van der Waals surface area contributed by atoms with Crippen molar-refractivity contribution in [3.05, 3.63) is 41.5 Å². The van der Waals surface area contributed by atoms with Crippen molar-refractivity contribution < 1.29 is 34.7 Å². The van der Waals surface area contributed by atoms with Crippen LogP contribution in [-0.2, 0) is 14.3 Å². The monoisotopic (exact) mass is 338 g/mol. The Morgan fingerprint density at radius 2 is 1.83 bits per heavy atom. The highest BCUT2D eigenvalue weighted by molar-refractivity contribution is 5.95. The van der Waals surface area contributed by atoms with E-state index in [1.807, 2.05) is 6.07 Å². The second-order valence-corrected chi connectivity index (χ2v) is 5.48. The van der Waals surface area contributed by atoms with Gasteiger partial charge in [-0.2, -0.15) is 0 Å². The van der Waals surface area contributed by atoms with Gasteiger partial charge in [0.25, 0.3) is 0 Å². The number of carbonyl (C=O) groups excluding carboxylic acids is 1. The molecule has 4 N–H and O–H groups in total. The first-order valence-electron chi connectivity index (χ1n) is 7.73. The lowest BCUT2D eigenvalue weighted by atomic mass is 9.90. The highest BCUT2D eigenvalue weighted by Crippen LogP contribution is 2.27. The quantitative estimate of drug-likeness (QED) is 0.421. The Hall–Kier alpha value is -1.77. The summed E-state index contributed by atoms with van der Waals surface area (Å²) in [5.41, 5.74) is 0.678. The number of benzene rings is 1. The lowest BCUT2D eigenvalue weighted by Gasteiger charge is -2.40. The minimum Gasteiger partial charge on any atom is -0.463 e. The molecule has 1 fully saturated rings. The average molecular weight is 338 g/mol. The van der Waals surface area contributed by atoms with E-state index in [4.69, 9.17) is 9.47 Å². The third-order valence-corrected chi connectivity index (χ3v) is 3.83. The van der Waals surface area contributed by atoms with Gasteiger partial charge in [0.1, 0.15) is 30.5 Å². The van der Waals surface area contributed by atoms with Crippen LogP contribution in [0.4, 0.5) is 0 Å². The number of esters is 1. The molecule has 1 heterocycles. The Bertz CT molecular complexity index is 570. The zero-order chi connectivity index (χ0) is 17.7. The third-order valence-electron chi connectivity index (χ3n) is 3.83. The first-order chi connectivity index (χ1) is 11.5. The van der Waals surface area contributed by atoms with E-state index in [-0.39, 0.29) is 12.2 Å². The fraction of sp³-hybridized carbons (Fsp3) is 0.471. The standard InChI is InChI=1S/C17H22O7/c1-2-23-17(22)11(8-10-6-4-3-5-7-10)16-15(21)14(20)13(19)12(9-18)24-16/h3-8,12-16,18-21H,2,9H2,1H3/t12-,13-,14+,15-,16?/m1/s1. The molecule has 1 saturated heterocycles. The van der Waals surface area contributed by atoms with E-state index >= 15 is 0 Å². The van der Waals surface area contributed by atoms with Crippen LogP contribution in [0.1, 0.15) is 12.5 Å². The van der Waals surface area contributed by atoms with Crippen molar-refractivity contribution in [1.82, 2.24) is 0 Å². The van der Waals surface area contributed by atoms with Gasteiger partial charge in [-0.05, 0) is 18.6 Å². The average Bonchev–Trinajstić information content (AvgIpc) is 2.59. The SMILES string of the molecule is CCOC(=O)C(=Cc1ccccc1)C1O[C@H](CO)[C@@H](O)[C@H](O)[C@H]1O. The summed E-state index contributed by atoms with van der Waals surface area (Å²) in [7, 11) is 0. The molecule has 1 aliphatic heterocycles. The van der Waals surface area contributed by atoms with Crippen LogP contribution in [0.2, 0.25) is 0 Å². The van der Waals surface area contributed by atoms with Gasteiger partial charge >= 0.3 is 5.97 Å². The lowest BCUT2D eigenvalue weighted by Crippen LogP contribution is -2.59. The summed E-state index contributed by atoms with van der Waals surface area (Å²) in [6.45, 7) is 1.20. The van der Waals surface area contributed by atoms with Crippen LogP contribution in [0.15, 0.2) is 35.9 Å². The van der Waals surface area contributed by atoms with Gasteiger partial charge in [-0.1, -0.05) is 30.3 Å². The van der Waals surface area contributed by atoms with Crippen LogP contribution in [0, 0.1) is 0 Å². The summed E-state index contributed by atoms with van der Waals surface area (Å²) in [5.74, 6) is -0.703. The second-order valence-electron chi connectivity index (χ2n) is 5.48. The van der Waals surface area contributed by atoms with E-state index in [2.05, 4.69) is 0 Å². The molecule has 1 unspecified atom stereocenters. The zero-order valence-electron chi connectivity index (χ0n) is 13.3. The summed E-state index contributed by atoms with van der Waals surface area (Å²) in [5, 5.41) is 39.3. The first kappa shape index (κ1) is 18.6. The molecule has 0 bridgehead atoms. The van der Waals surface area contributed by atoms with E-state index in [9.17, 15) is 25.2 Å². The van der Waals surface area contributed by atoms with Gasteiger partial charge in [0.05, 0.1) is 18.8 Å². The Kier molecular flexibility index (Phi) is 6.47. The summed E-state index contributed by atoms with van der Waals surface area (Å²) in [6, 6.07) is 8.88.